The van der Waals surface area contributed by atoms with Gasteiger partial charge in [-0.05, 0) is 13.0 Å². The van der Waals surface area contributed by atoms with Crippen molar-refractivity contribution in [3.63, 3.8) is 0 Å². The molecule has 4 nitrogen and oxygen atoms in total. The third-order valence-electron chi connectivity index (χ3n) is 1.39. The van der Waals surface area contributed by atoms with E-state index in [-0.39, 0.29) is 29.6 Å². The molecule has 0 radical (unpaired) electrons. The van der Waals surface area contributed by atoms with Crippen molar-refractivity contribution >= 4 is 5.97 Å². The number of carbonyl (C=O) groups is 1. The van der Waals surface area contributed by atoms with Gasteiger partial charge in [-0.25, -0.2) is 0 Å². The molecule has 0 aromatic carbocycles. The average Bonchev–Trinajstić information content (AvgIpc) is 1.97. The molecule has 0 aliphatic rings. The number of hydrogen-bond donors (Lipinski definition) is 2. The van der Waals surface area contributed by atoms with E-state index >= 15 is 0 Å². The average molecular weight is 183 g/mol. The second kappa shape index (κ2) is 9.48. The Morgan fingerprint density at radius 1 is 1.67 bits per heavy atom. The van der Waals surface area contributed by atoms with Crippen molar-refractivity contribution < 1.29 is 44.6 Å². The van der Waals surface area contributed by atoms with Gasteiger partial charge in [0.05, 0.1) is 18.6 Å². The van der Waals surface area contributed by atoms with Crippen molar-refractivity contribution in [2.75, 3.05) is 13.2 Å². The maximum absolute atomic E-state index is 10.2. The monoisotopic (exact) mass is 183 g/mol. The van der Waals surface area contributed by atoms with Crippen molar-refractivity contribution in [1.29, 1.82) is 0 Å². The minimum Gasteiger partial charge on any atom is -0.548 e. The molecule has 0 heterocycles. The van der Waals surface area contributed by atoms with Crippen LogP contribution in [0, 0.1) is 0 Å². The second-order valence-corrected chi connectivity index (χ2v) is 2.36. The van der Waals surface area contributed by atoms with Gasteiger partial charge >= 0.3 is 29.6 Å². The molecule has 12 heavy (non-hydrogen) atoms. The number of carbonyl (C=O) groups excluding carboxylic acids is 1. The van der Waals surface area contributed by atoms with E-state index in [1.54, 1.807) is 0 Å². The van der Waals surface area contributed by atoms with Crippen LogP contribution in [0.1, 0.15) is 19.8 Å². The first kappa shape index (κ1) is 14.9. The Labute approximate surface area is 94.6 Å². The number of rotatable bonds is 6. The Balaban J connectivity index is 0. The quantitative estimate of drug-likeness (QED) is 0.321. The fourth-order valence-corrected chi connectivity index (χ4v) is 0.675. The van der Waals surface area contributed by atoms with Crippen LogP contribution in [0.5, 0.6) is 0 Å². The minimum atomic E-state index is -1.25. The van der Waals surface area contributed by atoms with E-state index in [0.29, 0.717) is 6.54 Å². The second-order valence-electron chi connectivity index (χ2n) is 2.36. The first-order valence-electron chi connectivity index (χ1n) is 3.77. The number of aliphatic hydroxyl groups is 1. The van der Waals surface area contributed by atoms with E-state index in [1.807, 2.05) is 6.92 Å². The van der Waals surface area contributed by atoms with Gasteiger partial charge < -0.3 is 20.3 Å². The van der Waals surface area contributed by atoms with Gasteiger partial charge in [-0.1, -0.05) is 13.3 Å². The molecule has 0 bridgehead atoms. The zero-order valence-electron chi connectivity index (χ0n) is 7.67. The molecule has 0 unspecified atom stereocenters. The molecule has 0 saturated heterocycles. The molecular formula is C7H14NNaO3. The smallest absolute Gasteiger partial charge is 0.548 e. The topological polar surface area (TPSA) is 72.4 Å². The van der Waals surface area contributed by atoms with E-state index in [2.05, 4.69) is 5.32 Å². The summed E-state index contributed by atoms with van der Waals surface area (Å²) in [5, 5.41) is 21.4. The van der Waals surface area contributed by atoms with Crippen molar-refractivity contribution in [2.24, 2.45) is 0 Å². The molecule has 0 saturated carbocycles. The summed E-state index contributed by atoms with van der Waals surface area (Å²) in [7, 11) is 0. The molecule has 0 fully saturated rings. The van der Waals surface area contributed by atoms with E-state index in [1.165, 1.54) is 0 Å². The molecule has 0 aliphatic carbocycles. The van der Waals surface area contributed by atoms with Gasteiger partial charge in [-0.3, -0.25) is 0 Å². The molecule has 0 spiro atoms. The third kappa shape index (κ3) is 7.06. The summed E-state index contributed by atoms with van der Waals surface area (Å²) in [6.45, 7) is 2.20. The van der Waals surface area contributed by atoms with Crippen molar-refractivity contribution in [3.05, 3.63) is 0 Å². The molecule has 1 atom stereocenters. The Kier molecular flexibility index (Phi) is 11.8. The molecular weight excluding hydrogens is 169 g/mol. The largest absolute Gasteiger partial charge is 1.00 e. The first-order valence-corrected chi connectivity index (χ1v) is 3.77. The molecule has 0 rings (SSSR count). The number of carboxylic acid groups (broad SMARTS) is 1. The summed E-state index contributed by atoms with van der Waals surface area (Å²) < 4.78 is 0. The van der Waals surface area contributed by atoms with Crippen LogP contribution in [0.2, 0.25) is 0 Å². The number of hydrogen-bond acceptors (Lipinski definition) is 4. The van der Waals surface area contributed by atoms with Crippen LogP contribution in [0.15, 0.2) is 0 Å². The predicted octanol–water partition coefficient (Wildman–Crippen LogP) is -4.51. The molecule has 2 N–H and O–H groups in total. The summed E-state index contributed by atoms with van der Waals surface area (Å²) >= 11 is 0. The summed E-state index contributed by atoms with van der Waals surface area (Å²) in [5.41, 5.74) is 0. The van der Waals surface area contributed by atoms with Crippen LogP contribution in [-0.2, 0) is 4.79 Å². The normalized spacial score (nSPS) is 11.8. The van der Waals surface area contributed by atoms with Gasteiger partial charge in [0.1, 0.15) is 0 Å². The predicted molar refractivity (Wildman–Crippen MR) is 38.8 cm³/mol. The minimum absolute atomic E-state index is 0. The summed E-state index contributed by atoms with van der Waals surface area (Å²) in [5.74, 6) is -1.25. The number of unbranched alkanes of at least 4 members (excludes halogenated alkanes) is 1. The Morgan fingerprint density at radius 3 is 2.58 bits per heavy atom. The fourth-order valence-electron chi connectivity index (χ4n) is 0.675. The summed E-state index contributed by atoms with van der Waals surface area (Å²) in [4.78, 5) is 10.2. The third-order valence-corrected chi connectivity index (χ3v) is 1.39. The standard InChI is InChI=1S/C7H15NO3.Na/c1-2-3-4-8-6(5-9)7(10)11;/h6,8-9H,2-5H2,1H3,(H,10,11);/q;+1/p-1/t6-;/m0./s1. The van der Waals surface area contributed by atoms with Crippen LogP contribution in [0.4, 0.5) is 0 Å². The number of aliphatic carboxylic acids is 1. The molecule has 0 aromatic heterocycles. The van der Waals surface area contributed by atoms with Crippen molar-refractivity contribution in [1.82, 2.24) is 5.32 Å². The van der Waals surface area contributed by atoms with Crippen LogP contribution in [0.3, 0.4) is 0 Å². The molecule has 0 aromatic rings. The molecule has 0 amide bonds. The van der Waals surface area contributed by atoms with Gasteiger partial charge in [0, 0.05) is 0 Å². The number of aliphatic hydroxyl groups excluding tert-OH is 1. The Morgan fingerprint density at radius 2 is 2.25 bits per heavy atom. The number of nitrogens with one attached hydrogen (secondary N) is 1. The Hall–Kier alpha value is 0.390. The Bertz CT molecular complexity index is 121. The van der Waals surface area contributed by atoms with Gasteiger partial charge in [-0.15, -0.1) is 0 Å². The van der Waals surface area contributed by atoms with Crippen LogP contribution in [0.25, 0.3) is 0 Å². The zero-order valence-corrected chi connectivity index (χ0v) is 9.67. The van der Waals surface area contributed by atoms with Crippen LogP contribution < -0.4 is 40.0 Å². The van der Waals surface area contributed by atoms with Gasteiger partial charge in [0.15, 0.2) is 0 Å². The maximum Gasteiger partial charge on any atom is 1.00 e. The van der Waals surface area contributed by atoms with E-state index in [0.717, 1.165) is 12.8 Å². The van der Waals surface area contributed by atoms with Gasteiger partial charge in [-0.2, -0.15) is 0 Å². The van der Waals surface area contributed by atoms with E-state index in [4.69, 9.17) is 5.11 Å². The summed E-state index contributed by atoms with van der Waals surface area (Å²) in [6, 6.07) is -0.915. The first-order chi connectivity index (χ1) is 5.22. The molecule has 66 valence electrons. The zero-order chi connectivity index (χ0) is 8.69. The van der Waals surface area contributed by atoms with Crippen molar-refractivity contribution in [2.45, 2.75) is 25.8 Å². The molecule has 0 aliphatic heterocycles. The number of carboxylic acids is 1. The van der Waals surface area contributed by atoms with Gasteiger partial charge in [0.2, 0.25) is 0 Å². The fraction of sp³-hybridized carbons (Fsp3) is 0.857. The molecule has 5 heteroatoms. The van der Waals surface area contributed by atoms with Crippen molar-refractivity contribution in [3.8, 4) is 0 Å². The van der Waals surface area contributed by atoms with E-state index in [9.17, 15) is 9.90 Å². The maximum atomic E-state index is 10.2. The SMILES string of the molecule is CCCCN[C@@H](CO)C(=O)[O-].[Na+]. The van der Waals surface area contributed by atoms with Crippen LogP contribution in [-0.4, -0.2) is 30.3 Å². The summed E-state index contributed by atoms with van der Waals surface area (Å²) in [6.07, 6.45) is 1.90. The van der Waals surface area contributed by atoms with Crippen LogP contribution >= 0.6 is 0 Å². The van der Waals surface area contributed by atoms with Gasteiger partial charge in [0.25, 0.3) is 0 Å². The van der Waals surface area contributed by atoms with E-state index < -0.39 is 18.6 Å².